The summed E-state index contributed by atoms with van der Waals surface area (Å²) in [6.45, 7) is 5.57. The van der Waals surface area contributed by atoms with E-state index in [1.165, 1.54) is 0 Å². The monoisotopic (exact) mass is 527 g/mol. The smallest absolute Gasteiger partial charge is 0.276 e. The summed E-state index contributed by atoms with van der Waals surface area (Å²) in [5.74, 6) is 0.422. The van der Waals surface area contributed by atoms with Gasteiger partial charge in [0.15, 0.2) is 18.3 Å². The first-order valence-corrected chi connectivity index (χ1v) is 10.9. The molecule has 2 rings (SSSR count). The number of carbonyl (C=O) groups excluding carboxylic acids is 2. The Morgan fingerprint density at radius 1 is 1.06 bits per heavy atom. The molecule has 3 N–H and O–H groups in total. The van der Waals surface area contributed by atoms with E-state index in [9.17, 15) is 9.59 Å². The fourth-order valence-electron chi connectivity index (χ4n) is 2.43. The van der Waals surface area contributed by atoms with Gasteiger partial charge in [-0.1, -0.05) is 41.4 Å². The second-order valence-electron chi connectivity index (χ2n) is 6.88. The minimum absolute atomic E-state index is 0.0653. The van der Waals surface area contributed by atoms with Gasteiger partial charge in [0.05, 0.1) is 0 Å². The number of amides is 2. The molecule has 0 unspecified atom stereocenters. The number of carbonyl (C=O) groups is 2. The van der Waals surface area contributed by atoms with Crippen molar-refractivity contribution in [2.45, 2.75) is 26.7 Å². The predicted octanol–water partition coefficient (Wildman–Crippen LogP) is 4.01. The number of hydrazine groups is 1. The van der Waals surface area contributed by atoms with Gasteiger partial charge in [0, 0.05) is 9.50 Å². The van der Waals surface area contributed by atoms with Crippen molar-refractivity contribution in [1.29, 1.82) is 0 Å². The molecule has 0 fully saturated rings. The van der Waals surface area contributed by atoms with E-state index < -0.39 is 11.8 Å². The van der Waals surface area contributed by atoms with Gasteiger partial charge in [-0.3, -0.25) is 25.8 Å². The Hall–Kier alpha value is -2.36. The Morgan fingerprint density at radius 2 is 1.71 bits per heavy atom. The van der Waals surface area contributed by atoms with Gasteiger partial charge in [0.25, 0.3) is 11.8 Å². The summed E-state index contributed by atoms with van der Waals surface area (Å²) in [7, 11) is 0. The number of aryl methyl sites for hydroxylation is 1. The zero-order chi connectivity index (χ0) is 23.0. The van der Waals surface area contributed by atoms with Gasteiger partial charge in [-0.05, 0) is 72.6 Å². The van der Waals surface area contributed by atoms with Gasteiger partial charge in [0.1, 0.15) is 11.5 Å². The third-order valence-corrected chi connectivity index (χ3v) is 5.33. The molecular weight excluding hydrogens is 506 g/mol. The molecule has 0 saturated carbocycles. The molecule has 0 heterocycles. The molecule has 166 valence electrons. The van der Waals surface area contributed by atoms with E-state index in [-0.39, 0.29) is 24.2 Å². The Kier molecular flexibility index (Phi) is 9.54. The third-order valence-electron chi connectivity index (χ3n) is 4.02. The maximum Gasteiger partial charge on any atom is 0.276 e. The van der Waals surface area contributed by atoms with E-state index in [2.05, 4.69) is 32.1 Å². The van der Waals surface area contributed by atoms with Crippen molar-refractivity contribution in [2.75, 3.05) is 13.2 Å². The van der Waals surface area contributed by atoms with E-state index in [1.54, 1.807) is 24.3 Å². The molecule has 0 aromatic heterocycles. The van der Waals surface area contributed by atoms with Crippen molar-refractivity contribution in [3.05, 3.63) is 57.0 Å². The quantitative estimate of drug-likeness (QED) is 0.372. The fraction of sp³-hybridized carbons (Fsp3) is 0.286. The number of hydrogen-bond acceptors (Lipinski definition) is 5. The maximum absolute atomic E-state index is 12.1. The van der Waals surface area contributed by atoms with Gasteiger partial charge < -0.3 is 9.47 Å². The number of benzene rings is 2. The van der Waals surface area contributed by atoms with Gasteiger partial charge in [-0.2, -0.15) is 0 Å². The fourth-order valence-corrected chi connectivity index (χ4v) is 3.08. The van der Waals surface area contributed by atoms with Crippen LogP contribution in [-0.4, -0.2) is 30.1 Å². The summed E-state index contributed by atoms with van der Waals surface area (Å²) in [6, 6.07) is 10.5. The number of hydrogen-bond donors (Lipinski definition) is 3. The van der Waals surface area contributed by atoms with Gasteiger partial charge in [0.2, 0.25) is 0 Å². The molecule has 0 radical (unpaired) electrons. The molecule has 7 nitrogen and oxygen atoms in total. The van der Waals surface area contributed by atoms with Gasteiger partial charge in [-0.25, -0.2) is 0 Å². The van der Waals surface area contributed by atoms with Crippen LogP contribution < -0.4 is 25.6 Å². The minimum Gasteiger partial charge on any atom is -0.484 e. The van der Waals surface area contributed by atoms with Crippen LogP contribution in [0.4, 0.5) is 0 Å². The predicted molar refractivity (Wildman–Crippen MR) is 127 cm³/mol. The first-order valence-electron chi connectivity index (χ1n) is 9.35. The highest BCUT2D eigenvalue weighted by molar-refractivity contribution is 9.10. The average molecular weight is 529 g/mol. The summed E-state index contributed by atoms with van der Waals surface area (Å²) in [5.41, 5.74) is 6.76. The lowest BCUT2D eigenvalue weighted by atomic mass is 10.0. The SMILES string of the molecule is Cc1cc(OCC(=O)NC(=S)NNC(=O)COc2ccc(Cl)cc2)c(C(C)C)cc1Br. The van der Waals surface area contributed by atoms with E-state index in [4.69, 9.17) is 33.3 Å². The van der Waals surface area contributed by atoms with Crippen LogP contribution in [0.1, 0.15) is 30.9 Å². The van der Waals surface area contributed by atoms with Crippen LogP contribution in [0.2, 0.25) is 5.02 Å². The van der Waals surface area contributed by atoms with Crippen molar-refractivity contribution in [3.8, 4) is 11.5 Å². The normalized spacial score (nSPS) is 10.4. The molecule has 0 spiro atoms. The highest BCUT2D eigenvalue weighted by Gasteiger charge is 2.13. The van der Waals surface area contributed by atoms with Gasteiger partial charge in [-0.15, -0.1) is 0 Å². The largest absolute Gasteiger partial charge is 0.484 e. The number of ether oxygens (including phenoxy) is 2. The summed E-state index contributed by atoms with van der Waals surface area (Å²) < 4.78 is 12.0. The number of halogens is 2. The molecule has 0 saturated heterocycles. The third kappa shape index (κ3) is 8.35. The summed E-state index contributed by atoms with van der Waals surface area (Å²) in [5, 5.41) is 2.94. The van der Waals surface area contributed by atoms with Crippen molar-refractivity contribution in [1.82, 2.24) is 16.2 Å². The highest BCUT2D eigenvalue weighted by Crippen LogP contribution is 2.32. The Labute approximate surface area is 199 Å². The van der Waals surface area contributed by atoms with Crippen molar-refractivity contribution < 1.29 is 19.1 Å². The maximum atomic E-state index is 12.1. The minimum atomic E-state index is -0.477. The molecule has 31 heavy (non-hydrogen) atoms. The average Bonchev–Trinajstić information content (AvgIpc) is 2.72. The molecule has 10 heteroatoms. The van der Waals surface area contributed by atoms with E-state index in [1.807, 2.05) is 32.9 Å². The van der Waals surface area contributed by atoms with E-state index >= 15 is 0 Å². The Morgan fingerprint density at radius 3 is 2.35 bits per heavy atom. The molecule has 0 aliphatic rings. The van der Waals surface area contributed by atoms with Crippen LogP contribution in [-0.2, 0) is 9.59 Å². The second kappa shape index (κ2) is 11.9. The lowest BCUT2D eigenvalue weighted by Crippen LogP contribution is -2.50. The number of thiocarbonyl (C=S) groups is 1. The second-order valence-corrected chi connectivity index (χ2v) is 8.57. The molecule has 0 aliphatic carbocycles. The van der Waals surface area contributed by atoms with E-state index in [0.717, 1.165) is 15.6 Å². The van der Waals surface area contributed by atoms with Crippen LogP contribution in [0, 0.1) is 6.92 Å². The zero-order valence-electron chi connectivity index (χ0n) is 17.3. The van der Waals surface area contributed by atoms with Crippen LogP contribution in [0.3, 0.4) is 0 Å². The summed E-state index contributed by atoms with van der Waals surface area (Å²) in [6.07, 6.45) is 0. The van der Waals surface area contributed by atoms with Crippen LogP contribution in [0.15, 0.2) is 40.9 Å². The summed E-state index contributed by atoms with van der Waals surface area (Å²) >= 11 is 14.3. The van der Waals surface area contributed by atoms with Crippen LogP contribution in [0.25, 0.3) is 0 Å². The first kappa shape index (κ1) is 24.9. The Balaban J connectivity index is 1.75. The molecular formula is C21H23BrClN3O4S. The lowest BCUT2D eigenvalue weighted by molar-refractivity contribution is -0.124. The molecule has 2 amide bonds. The molecule has 0 bridgehead atoms. The zero-order valence-corrected chi connectivity index (χ0v) is 20.4. The highest BCUT2D eigenvalue weighted by atomic mass is 79.9. The summed E-state index contributed by atoms with van der Waals surface area (Å²) in [4.78, 5) is 23.9. The van der Waals surface area contributed by atoms with E-state index in [0.29, 0.717) is 16.5 Å². The number of rotatable bonds is 7. The standard InChI is InChI=1S/C21H23BrClN3O4S/c1-12(2)16-9-17(22)13(3)8-18(16)30-10-19(27)24-21(31)26-25-20(28)11-29-15-6-4-14(23)5-7-15/h4-9,12H,10-11H2,1-3H3,(H,25,28)(H2,24,26,27,31). The van der Waals surface area contributed by atoms with Gasteiger partial charge >= 0.3 is 0 Å². The molecule has 0 atom stereocenters. The van der Waals surface area contributed by atoms with Crippen LogP contribution in [0.5, 0.6) is 11.5 Å². The Bertz CT molecular complexity index is 954. The van der Waals surface area contributed by atoms with Crippen molar-refractivity contribution in [3.63, 3.8) is 0 Å². The molecule has 2 aromatic rings. The lowest BCUT2D eigenvalue weighted by Gasteiger charge is -2.16. The molecule has 0 aliphatic heterocycles. The first-order chi connectivity index (χ1) is 14.7. The van der Waals surface area contributed by atoms with Crippen molar-refractivity contribution >= 4 is 56.7 Å². The topological polar surface area (TPSA) is 88.7 Å². The molecule has 2 aromatic carbocycles. The van der Waals surface area contributed by atoms with Crippen LogP contribution >= 0.6 is 39.7 Å². The number of nitrogens with one attached hydrogen (secondary N) is 3. The van der Waals surface area contributed by atoms with Crippen molar-refractivity contribution in [2.24, 2.45) is 0 Å².